The van der Waals surface area contributed by atoms with Gasteiger partial charge in [-0.3, -0.25) is 0 Å². The summed E-state index contributed by atoms with van der Waals surface area (Å²) in [5.41, 5.74) is -0.780. The molecule has 3 N–H and O–H groups in total. The van der Waals surface area contributed by atoms with Crippen LogP contribution < -0.4 is 10.6 Å². The van der Waals surface area contributed by atoms with Gasteiger partial charge in [0.25, 0.3) is 0 Å². The number of nitrogens with one attached hydrogen (secondary N) is 2. The van der Waals surface area contributed by atoms with Gasteiger partial charge in [0, 0.05) is 11.6 Å². The average molecular weight is 359 g/mol. The van der Waals surface area contributed by atoms with E-state index in [2.05, 4.69) is 10.6 Å². The van der Waals surface area contributed by atoms with E-state index < -0.39 is 23.9 Å². The molecule has 2 aromatic carbocycles. The van der Waals surface area contributed by atoms with E-state index >= 15 is 0 Å². The summed E-state index contributed by atoms with van der Waals surface area (Å²) in [7, 11) is 0. The third-order valence-corrected chi connectivity index (χ3v) is 3.44. The summed E-state index contributed by atoms with van der Waals surface area (Å²) in [6.45, 7) is -0.165. The summed E-state index contributed by atoms with van der Waals surface area (Å²) in [6.07, 6.45) is -5.59. The Morgan fingerprint density at radius 2 is 1.75 bits per heavy atom. The lowest BCUT2D eigenvalue weighted by molar-refractivity contribution is -0.136. The van der Waals surface area contributed by atoms with E-state index in [9.17, 15) is 23.1 Å². The molecule has 8 heteroatoms. The fourth-order valence-electron chi connectivity index (χ4n) is 2.00. The van der Waals surface area contributed by atoms with Crippen molar-refractivity contribution in [2.24, 2.45) is 0 Å². The van der Waals surface area contributed by atoms with Crippen LogP contribution in [-0.2, 0) is 6.18 Å². The summed E-state index contributed by atoms with van der Waals surface area (Å²) in [5, 5.41) is 14.9. The second-order valence-corrected chi connectivity index (χ2v) is 5.38. The highest BCUT2D eigenvalue weighted by molar-refractivity contribution is 6.30. The van der Waals surface area contributed by atoms with Crippen molar-refractivity contribution in [3.05, 3.63) is 64.7 Å². The first kappa shape index (κ1) is 18.1. The number of benzene rings is 2. The summed E-state index contributed by atoms with van der Waals surface area (Å²) in [5.74, 6) is 0. The molecule has 0 aliphatic heterocycles. The third-order valence-electron chi connectivity index (χ3n) is 3.19. The molecule has 0 heterocycles. The first-order valence-corrected chi connectivity index (χ1v) is 7.30. The SMILES string of the molecule is O=C(NCC(O)c1ccc(Cl)cc1)Nc1ccccc1C(F)(F)F. The number of para-hydroxylation sites is 1. The summed E-state index contributed by atoms with van der Waals surface area (Å²) in [6, 6.07) is 10.1. The van der Waals surface area contributed by atoms with E-state index in [4.69, 9.17) is 11.6 Å². The molecule has 0 radical (unpaired) electrons. The van der Waals surface area contributed by atoms with E-state index in [0.717, 1.165) is 12.1 Å². The number of rotatable bonds is 4. The Hall–Kier alpha value is -2.25. The molecule has 0 aromatic heterocycles. The van der Waals surface area contributed by atoms with Gasteiger partial charge < -0.3 is 15.7 Å². The molecule has 1 atom stereocenters. The molecule has 128 valence electrons. The lowest BCUT2D eigenvalue weighted by Gasteiger charge is -2.15. The lowest BCUT2D eigenvalue weighted by Crippen LogP contribution is -2.33. The standard InChI is InChI=1S/C16H14ClF3N2O2/c17-11-7-5-10(6-8-11)14(23)9-21-15(24)22-13-4-2-1-3-12(13)16(18,19)20/h1-8,14,23H,9H2,(H2,21,22,24). The first-order chi connectivity index (χ1) is 11.3. The fraction of sp³-hybridized carbons (Fsp3) is 0.188. The quantitative estimate of drug-likeness (QED) is 0.766. The van der Waals surface area contributed by atoms with Crippen LogP contribution in [0, 0.1) is 0 Å². The number of urea groups is 1. The molecular formula is C16H14ClF3N2O2. The van der Waals surface area contributed by atoms with Gasteiger partial charge in [0.1, 0.15) is 0 Å². The van der Waals surface area contributed by atoms with Crippen LogP contribution in [0.15, 0.2) is 48.5 Å². The summed E-state index contributed by atoms with van der Waals surface area (Å²) >= 11 is 5.73. The molecule has 0 aliphatic rings. The van der Waals surface area contributed by atoms with E-state index in [-0.39, 0.29) is 12.2 Å². The second kappa shape index (κ2) is 7.55. The molecule has 2 aromatic rings. The molecule has 1 unspecified atom stereocenters. The first-order valence-electron chi connectivity index (χ1n) is 6.92. The van der Waals surface area contributed by atoms with Crippen LogP contribution in [0.25, 0.3) is 0 Å². The number of anilines is 1. The van der Waals surface area contributed by atoms with Gasteiger partial charge in [0.05, 0.1) is 17.4 Å². The molecule has 0 fully saturated rings. The van der Waals surface area contributed by atoms with Gasteiger partial charge in [0.15, 0.2) is 0 Å². The van der Waals surface area contributed by atoms with Gasteiger partial charge in [-0.1, -0.05) is 35.9 Å². The number of aliphatic hydroxyl groups excluding tert-OH is 1. The van der Waals surface area contributed by atoms with E-state index in [1.807, 2.05) is 0 Å². The predicted molar refractivity (Wildman–Crippen MR) is 84.9 cm³/mol. The van der Waals surface area contributed by atoms with Gasteiger partial charge in [-0.25, -0.2) is 4.79 Å². The van der Waals surface area contributed by atoms with E-state index in [1.165, 1.54) is 12.1 Å². The number of halogens is 4. The molecule has 0 aliphatic carbocycles. The Morgan fingerprint density at radius 1 is 1.12 bits per heavy atom. The summed E-state index contributed by atoms with van der Waals surface area (Å²) < 4.78 is 38.5. The van der Waals surface area contributed by atoms with E-state index in [1.54, 1.807) is 24.3 Å². The number of amides is 2. The molecule has 0 saturated heterocycles. The zero-order valence-corrected chi connectivity index (χ0v) is 13.0. The Bertz CT molecular complexity index is 705. The minimum atomic E-state index is -4.58. The van der Waals surface area contributed by atoms with Crippen molar-refractivity contribution in [3.8, 4) is 0 Å². The number of alkyl halides is 3. The number of hydrogen-bond acceptors (Lipinski definition) is 2. The van der Waals surface area contributed by atoms with E-state index in [0.29, 0.717) is 10.6 Å². The average Bonchev–Trinajstić information content (AvgIpc) is 2.53. The van der Waals surface area contributed by atoms with Crippen molar-refractivity contribution in [3.63, 3.8) is 0 Å². The zero-order valence-electron chi connectivity index (χ0n) is 12.3. The van der Waals surface area contributed by atoms with Crippen LogP contribution in [0.2, 0.25) is 5.02 Å². The number of carbonyl (C=O) groups excluding carboxylic acids is 1. The molecule has 0 bridgehead atoms. The van der Waals surface area contributed by atoms with Crippen molar-refractivity contribution < 1.29 is 23.1 Å². The molecule has 4 nitrogen and oxygen atoms in total. The van der Waals surface area contributed by atoms with Crippen LogP contribution in [0.1, 0.15) is 17.2 Å². The Balaban J connectivity index is 1.96. The van der Waals surface area contributed by atoms with Crippen molar-refractivity contribution in [2.45, 2.75) is 12.3 Å². The minimum Gasteiger partial charge on any atom is -0.387 e. The highest BCUT2D eigenvalue weighted by atomic mass is 35.5. The van der Waals surface area contributed by atoms with Gasteiger partial charge in [0.2, 0.25) is 0 Å². The highest BCUT2D eigenvalue weighted by Gasteiger charge is 2.33. The molecule has 2 amide bonds. The van der Waals surface area contributed by atoms with Gasteiger partial charge in [-0.05, 0) is 29.8 Å². The van der Waals surface area contributed by atoms with Crippen LogP contribution in [0.3, 0.4) is 0 Å². The third kappa shape index (κ3) is 4.87. The van der Waals surface area contributed by atoms with Crippen molar-refractivity contribution >= 4 is 23.3 Å². The van der Waals surface area contributed by atoms with Crippen LogP contribution in [0.5, 0.6) is 0 Å². The maximum absolute atomic E-state index is 12.8. The summed E-state index contributed by atoms with van der Waals surface area (Å²) in [4.78, 5) is 11.8. The topological polar surface area (TPSA) is 61.4 Å². The smallest absolute Gasteiger partial charge is 0.387 e. The molecule has 2 rings (SSSR count). The maximum atomic E-state index is 12.8. The Morgan fingerprint density at radius 3 is 2.38 bits per heavy atom. The van der Waals surface area contributed by atoms with Crippen molar-refractivity contribution in [1.29, 1.82) is 0 Å². The number of carbonyl (C=O) groups is 1. The Kier molecular flexibility index (Phi) is 5.69. The normalized spacial score (nSPS) is 12.5. The number of hydrogen-bond donors (Lipinski definition) is 3. The largest absolute Gasteiger partial charge is 0.418 e. The molecule has 24 heavy (non-hydrogen) atoms. The van der Waals surface area contributed by atoms with Crippen LogP contribution >= 0.6 is 11.6 Å². The second-order valence-electron chi connectivity index (χ2n) is 4.95. The fourth-order valence-corrected chi connectivity index (χ4v) is 2.12. The van der Waals surface area contributed by atoms with Crippen LogP contribution in [0.4, 0.5) is 23.7 Å². The molecule has 0 spiro atoms. The monoisotopic (exact) mass is 358 g/mol. The van der Waals surface area contributed by atoms with Gasteiger partial charge >= 0.3 is 12.2 Å². The predicted octanol–water partition coefficient (Wildman–Crippen LogP) is 4.21. The van der Waals surface area contributed by atoms with Crippen molar-refractivity contribution in [1.82, 2.24) is 5.32 Å². The minimum absolute atomic E-state index is 0.165. The lowest BCUT2D eigenvalue weighted by atomic mass is 10.1. The van der Waals surface area contributed by atoms with Crippen LogP contribution in [-0.4, -0.2) is 17.7 Å². The molecular weight excluding hydrogens is 345 g/mol. The van der Waals surface area contributed by atoms with Gasteiger partial charge in [-0.15, -0.1) is 0 Å². The zero-order chi connectivity index (χ0) is 17.7. The maximum Gasteiger partial charge on any atom is 0.418 e. The number of aliphatic hydroxyl groups is 1. The highest BCUT2D eigenvalue weighted by Crippen LogP contribution is 2.34. The molecule has 0 saturated carbocycles. The Labute approximate surface area is 141 Å². The van der Waals surface area contributed by atoms with Crippen molar-refractivity contribution in [2.75, 3.05) is 11.9 Å². The van der Waals surface area contributed by atoms with Gasteiger partial charge in [-0.2, -0.15) is 13.2 Å².